The fourth-order valence-corrected chi connectivity index (χ4v) is 1.68. The van der Waals surface area contributed by atoms with Crippen LogP contribution in [0.4, 0.5) is 0 Å². The Morgan fingerprint density at radius 1 is 1.35 bits per heavy atom. The molecule has 0 radical (unpaired) electrons. The molecule has 0 heterocycles. The fourth-order valence-electron chi connectivity index (χ4n) is 1.42. The molecule has 106 valence electrons. The number of halogens is 1. The standard InChI is InChI=1S/C15H15BrO4/c1-3-19-15(18)6-4-5-14(20-11(2)17)12-7-9-13(16)10-8-12/h5-10,14H,3H2,1-2H3. The molecule has 0 bridgehead atoms. The van der Waals surface area contributed by atoms with E-state index >= 15 is 0 Å². The Morgan fingerprint density at radius 3 is 2.55 bits per heavy atom. The van der Waals surface area contributed by atoms with E-state index in [2.05, 4.69) is 21.7 Å². The number of carbonyl (C=O) groups is 2. The highest BCUT2D eigenvalue weighted by Crippen LogP contribution is 2.21. The van der Waals surface area contributed by atoms with Crippen molar-refractivity contribution in [2.45, 2.75) is 20.0 Å². The first-order valence-corrected chi connectivity index (χ1v) is 6.84. The van der Waals surface area contributed by atoms with E-state index in [0.29, 0.717) is 6.61 Å². The van der Waals surface area contributed by atoms with E-state index in [1.54, 1.807) is 6.92 Å². The topological polar surface area (TPSA) is 52.6 Å². The summed E-state index contributed by atoms with van der Waals surface area (Å²) in [5, 5.41) is 0. The molecule has 0 aliphatic heterocycles. The summed E-state index contributed by atoms with van der Waals surface area (Å²) < 4.78 is 10.8. The molecule has 0 saturated carbocycles. The molecule has 0 spiro atoms. The minimum absolute atomic E-state index is 0.303. The van der Waals surface area contributed by atoms with Crippen molar-refractivity contribution >= 4 is 27.9 Å². The second kappa shape index (κ2) is 8.35. The molecule has 0 saturated heterocycles. The number of hydrogen-bond acceptors (Lipinski definition) is 4. The third kappa shape index (κ3) is 5.87. The zero-order chi connectivity index (χ0) is 15.0. The van der Waals surface area contributed by atoms with Crippen molar-refractivity contribution in [2.75, 3.05) is 6.61 Å². The molecule has 4 nitrogen and oxygen atoms in total. The van der Waals surface area contributed by atoms with Crippen molar-refractivity contribution < 1.29 is 19.1 Å². The monoisotopic (exact) mass is 338 g/mol. The largest absolute Gasteiger partial charge is 0.462 e. The van der Waals surface area contributed by atoms with Crippen molar-refractivity contribution in [1.82, 2.24) is 0 Å². The van der Waals surface area contributed by atoms with Gasteiger partial charge in [0, 0.05) is 17.5 Å². The van der Waals surface area contributed by atoms with Crippen LogP contribution in [0.15, 0.2) is 46.6 Å². The third-order valence-electron chi connectivity index (χ3n) is 2.23. The Labute approximate surface area is 126 Å². The number of rotatable bonds is 5. The highest BCUT2D eigenvalue weighted by Gasteiger charge is 2.10. The maximum atomic E-state index is 11.2. The Morgan fingerprint density at radius 2 is 2.00 bits per heavy atom. The van der Waals surface area contributed by atoms with Crippen molar-refractivity contribution in [2.24, 2.45) is 0 Å². The van der Waals surface area contributed by atoms with Crippen LogP contribution >= 0.6 is 15.9 Å². The first-order chi connectivity index (χ1) is 9.52. The quantitative estimate of drug-likeness (QED) is 0.469. The average molecular weight is 339 g/mol. The van der Waals surface area contributed by atoms with E-state index in [4.69, 9.17) is 9.47 Å². The van der Waals surface area contributed by atoms with E-state index in [-0.39, 0.29) is 0 Å². The number of benzene rings is 1. The molecule has 1 aromatic rings. The van der Waals surface area contributed by atoms with Gasteiger partial charge in [0.15, 0.2) is 6.10 Å². The van der Waals surface area contributed by atoms with Crippen LogP contribution in [0.5, 0.6) is 0 Å². The van der Waals surface area contributed by atoms with Crippen LogP contribution in [0, 0.1) is 0 Å². The predicted molar refractivity (Wildman–Crippen MR) is 77.9 cm³/mol. The molecule has 0 aliphatic carbocycles. The van der Waals surface area contributed by atoms with E-state index in [1.807, 2.05) is 24.3 Å². The summed E-state index contributed by atoms with van der Waals surface area (Å²) in [4.78, 5) is 22.3. The summed E-state index contributed by atoms with van der Waals surface area (Å²) in [5.74, 6) is -0.895. The van der Waals surface area contributed by atoms with Gasteiger partial charge in [0.05, 0.1) is 12.7 Å². The molecule has 1 aromatic carbocycles. The maximum Gasteiger partial charge on any atom is 0.338 e. The van der Waals surface area contributed by atoms with Gasteiger partial charge in [-0.2, -0.15) is 0 Å². The first kappa shape index (κ1) is 16.2. The van der Waals surface area contributed by atoms with Crippen molar-refractivity contribution in [3.63, 3.8) is 0 Å². The summed E-state index contributed by atoms with van der Waals surface area (Å²) in [6, 6.07) is 7.32. The molecule has 0 aromatic heterocycles. The molecule has 1 atom stereocenters. The molecule has 1 rings (SSSR count). The van der Waals surface area contributed by atoms with Crippen LogP contribution in [0.3, 0.4) is 0 Å². The SMILES string of the molecule is CCOC(=O)C=C=CC(OC(C)=O)c1ccc(Br)cc1. The van der Waals surface area contributed by atoms with Crippen molar-refractivity contribution in [3.8, 4) is 0 Å². The van der Waals surface area contributed by atoms with Gasteiger partial charge in [0.1, 0.15) is 0 Å². The molecule has 0 amide bonds. The third-order valence-corrected chi connectivity index (χ3v) is 2.76. The van der Waals surface area contributed by atoms with Gasteiger partial charge in [-0.15, -0.1) is 5.73 Å². The molecular formula is C15H15BrO4. The lowest BCUT2D eigenvalue weighted by Crippen LogP contribution is -2.06. The Balaban J connectivity index is 2.90. The second-order valence-electron chi connectivity index (χ2n) is 3.81. The lowest BCUT2D eigenvalue weighted by atomic mass is 10.1. The minimum Gasteiger partial charge on any atom is -0.462 e. The van der Waals surface area contributed by atoms with Crippen LogP contribution < -0.4 is 0 Å². The molecule has 0 N–H and O–H groups in total. The highest BCUT2D eigenvalue weighted by molar-refractivity contribution is 9.10. The van der Waals surface area contributed by atoms with Crippen LogP contribution in [0.25, 0.3) is 0 Å². The molecule has 5 heteroatoms. The maximum absolute atomic E-state index is 11.2. The van der Waals surface area contributed by atoms with Gasteiger partial charge >= 0.3 is 11.9 Å². The van der Waals surface area contributed by atoms with E-state index in [1.165, 1.54) is 19.1 Å². The van der Waals surface area contributed by atoms with Crippen LogP contribution in [0.2, 0.25) is 0 Å². The van der Waals surface area contributed by atoms with Gasteiger partial charge in [-0.05, 0) is 24.6 Å². The summed E-state index contributed by atoms with van der Waals surface area (Å²) in [5.41, 5.74) is 3.46. The van der Waals surface area contributed by atoms with Gasteiger partial charge in [-0.25, -0.2) is 4.79 Å². The van der Waals surface area contributed by atoms with Crippen LogP contribution in [0.1, 0.15) is 25.5 Å². The Hall–Kier alpha value is -1.84. The smallest absolute Gasteiger partial charge is 0.338 e. The summed E-state index contributed by atoms with van der Waals surface area (Å²) in [6.45, 7) is 3.35. The zero-order valence-electron chi connectivity index (χ0n) is 11.3. The number of hydrogen-bond donors (Lipinski definition) is 0. The van der Waals surface area contributed by atoms with Gasteiger partial charge < -0.3 is 9.47 Å². The number of esters is 2. The second-order valence-corrected chi connectivity index (χ2v) is 4.73. The first-order valence-electron chi connectivity index (χ1n) is 6.05. The fraction of sp³-hybridized carbons (Fsp3) is 0.267. The summed E-state index contributed by atoms with van der Waals surface area (Å²) in [6.07, 6.45) is 2.08. The lowest BCUT2D eigenvalue weighted by Gasteiger charge is -2.12. The minimum atomic E-state index is -0.591. The molecule has 1 unspecified atom stereocenters. The molecular weight excluding hydrogens is 324 g/mol. The molecule has 0 fully saturated rings. The average Bonchev–Trinajstić information content (AvgIpc) is 2.38. The van der Waals surface area contributed by atoms with E-state index in [9.17, 15) is 9.59 Å². The Kier molecular flexibility index (Phi) is 6.77. The van der Waals surface area contributed by atoms with Gasteiger partial charge in [-0.1, -0.05) is 28.1 Å². The molecule has 0 aliphatic rings. The van der Waals surface area contributed by atoms with E-state index < -0.39 is 18.0 Å². The normalized spacial score (nSPS) is 10.9. The predicted octanol–water partition coefficient (Wildman–Crippen LogP) is 3.33. The molecule has 20 heavy (non-hydrogen) atoms. The summed E-state index contributed by atoms with van der Waals surface area (Å²) >= 11 is 3.33. The van der Waals surface area contributed by atoms with Gasteiger partial charge in [0.25, 0.3) is 0 Å². The zero-order valence-corrected chi connectivity index (χ0v) is 12.8. The van der Waals surface area contributed by atoms with Crippen molar-refractivity contribution in [1.29, 1.82) is 0 Å². The van der Waals surface area contributed by atoms with Crippen molar-refractivity contribution in [3.05, 3.63) is 52.2 Å². The van der Waals surface area contributed by atoms with E-state index in [0.717, 1.165) is 10.0 Å². The Bertz CT molecular complexity index is 527. The highest BCUT2D eigenvalue weighted by atomic mass is 79.9. The van der Waals surface area contributed by atoms with Gasteiger partial charge in [0.2, 0.25) is 0 Å². The lowest BCUT2D eigenvalue weighted by molar-refractivity contribution is -0.144. The number of ether oxygens (including phenoxy) is 2. The van der Waals surface area contributed by atoms with Crippen LogP contribution in [-0.4, -0.2) is 18.5 Å². The summed E-state index contributed by atoms with van der Waals surface area (Å²) in [7, 11) is 0. The van der Waals surface area contributed by atoms with Crippen LogP contribution in [-0.2, 0) is 19.1 Å². The van der Waals surface area contributed by atoms with Gasteiger partial charge in [-0.3, -0.25) is 4.79 Å². The number of carbonyl (C=O) groups excluding carboxylic acids is 2.